The van der Waals surface area contributed by atoms with E-state index >= 15 is 0 Å². The van der Waals surface area contributed by atoms with Gasteiger partial charge in [0.05, 0.1) is 25.4 Å². The number of aryl methyl sites for hydroxylation is 2. The van der Waals surface area contributed by atoms with Gasteiger partial charge in [-0.1, -0.05) is 177 Å². The van der Waals surface area contributed by atoms with Crippen molar-refractivity contribution in [1.29, 1.82) is 0 Å². The van der Waals surface area contributed by atoms with Crippen LogP contribution >= 0.6 is 0 Å². The first-order valence-corrected chi connectivity index (χ1v) is 27.5. The predicted molar refractivity (Wildman–Crippen MR) is 245 cm³/mol. The molecule has 316 valence electrons. The van der Waals surface area contributed by atoms with Crippen molar-refractivity contribution in [3.05, 3.63) is 59.2 Å². The molecule has 0 fully saturated rings. The molecule has 2 rings (SSSR count). The van der Waals surface area contributed by atoms with E-state index in [9.17, 15) is 5.11 Å². The normalized spacial score (nSPS) is 14.5. The molecule has 0 bridgehead atoms. The molecule has 0 spiro atoms. The minimum atomic E-state index is -2.29. The Balaban J connectivity index is 2.35. The van der Waals surface area contributed by atoms with E-state index in [1.165, 1.54) is 70.6 Å². The zero-order chi connectivity index (χ0) is 41.2. The number of aliphatic hydroxyl groups is 1. The summed E-state index contributed by atoms with van der Waals surface area (Å²) >= 11 is 0. The van der Waals surface area contributed by atoms with Crippen molar-refractivity contribution in [2.45, 2.75) is 226 Å². The Kier molecular flexibility index (Phi) is 21.9. The second kappa shape index (κ2) is 24.3. The van der Waals surface area contributed by atoms with Crippen LogP contribution in [0.5, 0.6) is 5.75 Å². The molecule has 2 aromatic rings. The molecule has 0 saturated carbocycles. The number of unbranched alkanes of at least 4 members (excludes halogenated alkanes) is 11. The zero-order valence-electron chi connectivity index (χ0n) is 38.3. The van der Waals surface area contributed by atoms with Crippen molar-refractivity contribution in [2.24, 2.45) is 0 Å². The van der Waals surface area contributed by atoms with Crippen LogP contribution in [0.2, 0.25) is 34.8 Å². The van der Waals surface area contributed by atoms with E-state index in [0.29, 0.717) is 29.8 Å². The Morgan fingerprint density at radius 1 is 0.709 bits per heavy atom. The van der Waals surface area contributed by atoms with E-state index in [1.807, 2.05) is 6.07 Å². The molecule has 0 aliphatic rings. The molecule has 2 N–H and O–H groups in total. The molecular weight excluding hydrogens is 712 g/mol. The molecule has 0 amide bonds. The molecule has 0 radical (unpaired) electrons. The molecule has 0 saturated heterocycles. The summed E-state index contributed by atoms with van der Waals surface area (Å²) < 4.78 is 20.7. The maximum atomic E-state index is 12.6. The Morgan fingerprint density at radius 3 is 1.64 bits per heavy atom. The van der Waals surface area contributed by atoms with Gasteiger partial charge in [-0.15, -0.1) is 0 Å². The van der Waals surface area contributed by atoms with Crippen LogP contribution in [0.25, 0.3) is 0 Å². The topological polar surface area (TPSA) is 60.0 Å². The number of aliphatic hydroxyl groups excluding tert-OH is 1. The lowest BCUT2D eigenvalue weighted by atomic mass is 10.0. The van der Waals surface area contributed by atoms with Crippen molar-refractivity contribution in [1.82, 2.24) is 0 Å². The first-order chi connectivity index (χ1) is 25.9. The summed E-state index contributed by atoms with van der Waals surface area (Å²) in [6.07, 6.45) is 15.6. The number of anilines is 1. The number of benzene rings is 2. The largest absolute Gasteiger partial charge is 0.543 e. The van der Waals surface area contributed by atoms with E-state index in [1.54, 1.807) is 0 Å². The molecular formula is C48H87NO4Si2. The highest BCUT2D eigenvalue weighted by Crippen LogP contribution is 2.44. The van der Waals surface area contributed by atoms with E-state index in [-0.39, 0.29) is 17.2 Å². The third kappa shape index (κ3) is 15.9. The van der Waals surface area contributed by atoms with Gasteiger partial charge in [0.1, 0.15) is 11.9 Å². The van der Waals surface area contributed by atoms with Crippen LogP contribution in [0.4, 0.5) is 5.69 Å². The molecule has 0 aliphatic carbocycles. The summed E-state index contributed by atoms with van der Waals surface area (Å²) in [6.45, 7) is 33.0. The lowest BCUT2D eigenvalue weighted by molar-refractivity contribution is -0.0150. The average molecular weight is 799 g/mol. The monoisotopic (exact) mass is 799 g/mol. The summed E-state index contributed by atoms with van der Waals surface area (Å²) in [7, 11) is -4.29. The summed E-state index contributed by atoms with van der Waals surface area (Å²) in [5.74, 6) is 0.930. The zero-order valence-corrected chi connectivity index (χ0v) is 40.3. The predicted octanol–water partition coefficient (Wildman–Crippen LogP) is 14.7. The summed E-state index contributed by atoms with van der Waals surface area (Å²) in [4.78, 5) is 0. The number of nitrogens with one attached hydrogen (secondary N) is 1. The Morgan fingerprint density at radius 2 is 1.18 bits per heavy atom. The second-order valence-electron chi connectivity index (χ2n) is 19.2. The Labute approximate surface area is 342 Å². The lowest BCUT2D eigenvalue weighted by Gasteiger charge is -2.46. The van der Waals surface area contributed by atoms with Gasteiger partial charge in [0.15, 0.2) is 0 Å². The number of ether oxygens (including phenoxy) is 1. The van der Waals surface area contributed by atoms with Gasteiger partial charge < -0.3 is 24.0 Å². The minimum Gasteiger partial charge on any atom is -0.543 e. The summed E-state index contributed by atoms with van der Waals surface area (Å²) in [5.41, 5.74) is 5.70. The standard InChI is InChI=1S/C48H87NO4Si2/c1-15-16-17-18-19-20-21-22-23-24-25-29-32-45(53-55(37(2)3,38(4)5)39(6)7)47(50)44(36-51-35-42-30-27-26-28-31-42)49-46-40(8)33-43(34-41(46)9)52-54(13,14)48(10,11)12/h26-28,30-31,33-34,37-39,44-45,47,49-50H,15-25,29,32,35-36H2,1-14H3/t44-,45+,47-/m0/s1/i44+1. The smallest absolute Gasteiger partial charge is 0.250 e. The molecule has 55 heavy (non-hydrogen) atoms. The summed E-state index contributed by atoms with van der Waals surface area (Å²) in [5, 5.41) is 16.6. The van der Waals surface area contributed by atoms with Crippen LogP contribution in [0.1, 0.15) is 169 Å². The molecule has 3 atom stereocenters. The van der Waals surface area contributed by atoms with Gasteiger partial charge >= 0.3 is 0 Å². The quantitative estimate of drug-likeness (QED) is 0.0510. The van der Waals surface area contributed by atoms with Crippen molar-refractivity contribution in [2.75, 3.05) is 11.9 Å². The van der Waals surface area contributed by atoms with Crippen LogP contribution in [0.15, 0.2) is 42.5 Å². The van der Waals surface area contributed by atoms with E-state index in [0.717, 1.165) is 41.0 Å². The molecule has 0 aliphatic heterocycles. The molecule has 7 heteroatoms. The highest BCUT2D eigenvalue weighted by Gasteiger charge is 2.48. The average Bonchev–Trinajstić information content (AvgIpc) is 3.09. The van der Waals surface area contributed by atoms with Gasteiger partial charge in [-0.25, -0.2) is 0 Å². The van der Waals surface area contributed by atoms with Crippen molar-refractivity contribution in [3.63, 3.8) is 0 Å². The first-order valence-electron chi connectivity index (χ1n) is 22.4. The third-order valence-electron chi connectivity index (χ3n) is 12.6. The fourth-order valence-electron chi connectivity index (χ4n) is 8.36. The second-order valence-corrected chi connectivity index (χ2v) is 29.3. The highest BCUT2D eigenvalue weighted by molar-refractivity contribution is 6.77. The minimum absolute atomic E-state index is 0.111. The van der Waals surface area contributed by atoms with Gasteiger partial charge in [-0.2, -0.15) is 0 Å². The van der Waals surface area contributed by atoms with Crippen molar-refractivity contribution < 1.29 is 18.7 Å². The summed E-state index contributed by atoms with van der Waals surface area (Å²) in [6, 6.07) is 14.3. The maximum absolute atomic E-state index is 12.6. The number of rotatable bonds is 28. The molecule has 0 unspecified atom stereocenters. The van der Waals surface area contributed by atoms with Crippen LogP contribution in [-0.4, -0.2) is 46.6 Å². The van der Waals surface area contributed by atoms with E-state index in [2.05, 4.69) is 138 Å². The fourth-order valence-corrected chi connectivity index (χ4v) is 15.0. The number of hydrogen-bond acceptors (Lipinski definition) is 5. The highest BCUT2D eigenvalue weighted by atomic mass is 28.4. The van der Waals surface area contributed by atoms with Crippen LogP contribution < -0.4 is 9.74 Å². The van der Waals surface area contributed by atoms with Gasteiger partial charge in [-0.05, 0) is 83.8 Å². The van der Waals surface area contributed by atoms with Gasteiger partial charge in [0.2, 0.25) is 16.6 Å². The maximum Gasteiger partial charge on any atom is 0.250 e. The fraction of sp³-hybridized carbons (Fsp3) is 0.750. The van der Waals surface area contributed by atoms with Gasteiger partial charge in [-0.3, -0.25) is 0 Å². The first kappa shape index (κ1) is 49.5. The Bertz CT molecular complexity index is 1280. The Hall–Kier alpha value is -1.65. The molecule has 0 heterocycles. The van der Waals surface area contributed by atoms with Crippen molar-refractivity contribution >= 4 is 22.3 Å². The van der Waals surface area contributed by atoms with E-state index in [4.69, 9.17) is 13.6 Å². The van der Waals surface area contributed by atoms with Crippen LogP contribution in [0, 0.1) is 13.8 Å². The third-order valence-corrected chi connectivity index (χ3v) is 23.1. The van der Waals surface area contributed by atoms with Crippen LogP contribution in [-0.2, 0) is 15.8 Å². The number of hydrogen-bond donors (Lipinski definition) is 2. The van der Waals surface area contributed by atoms with Crippen molar-refractivity contribution in [3.8, 4) is 5.75 Å². The van der Waals surface area contributed by atoms with Gasteiger partial charge in [0, 0.05) is 5.69 Å². The SMILES string of the molecule is CCCCCCCCCCCCCC[C@@H](O[Si](C(C)C)(C(C)C)C(C)C)[C@@H](O)[13C@H](COCc1ccccc1)Nc1c(C)cc(O[Si](C)(C)C(C)(C)C)cc1C. The molecule has 2 aromatic carbocycles. The van der Waals surface area contributed by atoms with Gasteiger partial charge in [0.25, 0.3) is 0 Å². The molecule has 5 nitrogen and oxygen atoms in total. The van der Waals surface area contributed by atoms with E-state index < -0.39 is 22.7 Å². The van der Waals surface area contributed by atoms with Crippen LogP contribution in [0.3, 0.4) is 0 Å². The molecule has 0 aromatic heterocycles. The lowest BCUT2D eigenvalue weighted by Crippen LogP contribution is -2.55.